The van der Waals surface area contributed by atoms with Gasteiger partial charge in [-0.3, -0.25) is 19.4 Å². The fourth-order valence-electron chi connectivity index (χ4n) is 13.1. The lowest BCUT2D eigenvalue weighted by atomic mass is 9.80. The molecule has 518 valence electrons. The molecule has 3 saturated heterocycles. The molecular formula is C64H78BrF12N9O8. The molecule has 2 aliphatic carbocycles. The second kappa shape index (κ2) is 30.9. The summed E-state index contributed by atoms with van der Waals surface area (Å²) in [6, 6.07) is 0.640. The minimum Gasteiger partial charge on any atom is -0.466 e. The van der Waals surface area contributed by atoms with Gasteiger partial charge in [-0.2, -0.15) is 52.7 Å². The van der Waals surface area contributed by atoms with Crippen LogP contribution in [0.5, 0.6) is 0 Å². The molecule has 9 rings (SSSR count). The first-order valence-corrected chi connectivity index (χ1v) is 32.5. The molecule has 5 fully saturated rings. The normalized spacial score (nSPS) is 22.8. The Hall–Kier alpha value is -6.88. The molecular weight excluding hydrogens is 1330 g/mol. The Morgan fingerprint density at radius 3 is 1.24 bits per heavy atom. The van der Waals surface area contributed by atoms with Gasteiger partial charge in [0.25, 0.3) is 0 Å². The van der Waals surface area contributed by atoms with Crippen molar-refractivity contribution in [2.45, 2.75) is 181 Å². The molecule has 17 nitrogen and oxygen atoms in total. The first kappa shape index (κ1) is 72.9. The van der Waals surface area contributed by atoms with Gasteiger partial charge < -0.3 is 33.6 Å². The summed E-state index contributed by atoms with van der Waals surface area (Å²) in [5, 5.41) is 0. The van der Waals surface area contributed by atoms with Crippen molar-refractivity contribution in [3.63, 3.8) is 0 Å². The van der Waals surface area contributed by atoms with Crippen LogP contribution < -0.4 is 14.7 Å². The van der Waals surface area contributed by atoms with E-state index in [4.69, 9.17) is 28.9 Å². The predicted molar refractivity (Wildman–Crippen MR) is 324 cm³/mol. The van der Waals surface area contributed by atoms with Crippen molar-refractivity contribution in [1.29, 1.82) is 0 Å². The summed E-state index contributed by atoms with van der Waals surface area (Å²) in [4.78, 5) is 77.7. The van der Waals surface area contributed by atoms with Crippen molar-refractivity contribution in [2.75, 3.05) is 67.2 Å². The van der Waals surface area contributed by atoms with Crippen LogP contribution in [-0.4, -0.2) is 118 Å². The summed E-state index contributed by atoms with van der Waals surface area (Å²) < 4.78 is 184. The fraction of sp³-hybridized carbons (Fsp3) is 0.625. The number of amides is 2. The van der Waals surface area contributed by atoms with Gasteiger partial charge in [-0.25, -0.2) is 29.5 Å². The standard InChI is InChI=1S/C34H43F6N5O4.C30H35BrF6N4O4/c1-4-43(19-23-10-8-22(9-11-23)14-29(46)48-5-2)31-27(42-28(18-41-31)44-12-6-7-13-44)20-45-21(3)30(49-32(45)47)24-15-25(33(35,36)37)17-26(16-24)34(38,39)40;1-4-40(15-19-8-6-18(7-9-19)10-25(42)44-5-2)27-23(39-24(31)14-38-27)16-41-17(3)26(45-28(41)43)20-11-21(29(32,33)34)13-22(12-20)30(35,36)37/h15-18,21-23,30H,4-14,19-20H2,1-3H3;11-14,17-19,26H,4-10,15-16H2,1-3H3/t21-,22?,23?,30?;17-,18?,19?,26?/m00/s1. The minimum absolute atomic E-state index is 0.0399. The first-order valence-electron chi connectivity index (χ1n) is 31.7. The second-order valence-electron chi connectivity index (χ2n) is 24.5. The SMILES string of the molecule is CCOC(=O)CC1CCC(CN(CC)c2ncc(Br)nc2CN2C(=O)OC(c3cc(C(F)(F)F)cc(C(F)(F)F)c3)[C@@H]2C)CC1.CCOC(=O)CC1CCC(CN(CC)c2ncc(N3CCCC3)nc2CN2C(=O)OC(c3cc(C(F)(F)F)cc(C(F)(F)F)c3)[C@@H]2C)CC1. The number of carbonyl (C=O) groups excluding carboxylic acids is 4. The highest BCUT2D eigenvalue weighted by Gasteiger charge is 2.46. The fourth-order valence-corrected chi connectivity index (χ4v) is 13.4. The Morgan fingerprint density at radius 1 is 0.543 bits per heavy atom. The average Bonchev–Trinajstić information content (AvgIpc) is 1.53. The van der Waals surface area contributed by atoms with Crippen LogP contribution in [0.15, 0.2) is 53.4 Å². The third-order valence-corrected chi connectivity index (χ3v) is 18.5. The van der Waals surface area contributed by atoms with E-state index in [2.05, 4.69) is 35.7 Å². The summed E-state index contributed by atoms with van der Waals surface area (Å²) in [5.74, 6) is 2.55. The predicted octanol–water partition coefficient (Wildman–Crippen LogP) is 15.7. The maximum absolute atomic E-state index is 13.6. The highest BCUT2D eigenvalue weighted by Crippen LogP contribution is 2.45. The summed E-state index contributed by atoms with van der Waals surface area (Å²) in [5.41, 5.74) is -5.85. The second-order valence-corrected chi connectivity index (χ2v) is 25.4. The number of cyclic esters (lactones) is 2. The molecule has 94 heavy (non-hydrogen) atoms. The van der Waals surface area contributed by atoms with Crippen LogP contribution in [0.1, 0.15) is 176 Å². The van der Waals surface area contributed by atoms with Crippen LogP contribution in [0.4, 0.5) is 79.7 Å². The van der Waals surface area contributed by atoms with E-state index in [1.165, 1.54) is 29.8 Å². The Kier molecular flexibility index (Phi) is 24.0. The molecule has 0 N–H and O–H groups in total. The number of hydrogen-bond acceptors (Lipinski definition) is 15. The van der Waals surface area contributed by atoms with Crippen LogP contribution in [-0.2, 0) is 66.3 Å². The lowest BCUT2D eigenvalue weighted by Gasteiger charge is -2.34. The number of carbonyl (C=O) groups is 4. The maximum Gasteiger partial charge on any atom is 0.416 e. The monoisotopic (exact) mass is 1410 g/mol. The number of halogens is 13. The molecule has 4 atom stereocenters. The van der Waals surface area contributed by atoms with E-state index >= 15 is 0 Å². The molecule has 0 bridgehead atoms. The lowest BCUT2D eigenvalue weighted by Crippen LogP contribution is -2.36. The quantitative estimate of drug-likeness (QED) is 0.0438. The Labute approximate surface area is 545 Å². The van der Waals surface area contributed by atoms with Crippen molar-refractivity contribution < 1.29 is 90.8 Å². The number of alkyl halides is 12. The van der Waals surface area contributed by atoms with Crippen molar-refractivity contribution >= 4 is 57.5 Å². The molecule has 30 heteroatoms. The van der Waals surface area contributed by atoms with E-state index in [-0.39, 0.29) is 49.0 Å². The van der Waals surface area contributed by atoms with Crippen LogP contribution in [0, 0.1) is 23.7 Å². The van der Waals surface area contributed by atoms with E-state index in [1.54, 1.807) is 20.0 Å². The van der Waals surface area contributed by atoms with Gasteiger partial charge in [0.15, 0.2) is 11.6 Å². The zero-order chi connectivity index (χ0) is 68.6. The Balaban J connectivity index is 0.000000242. The number of anilines is 3. The minimum atomic E-state index is -5.04. The zero-order valence-electron chi connectivity index (χ0n) is 53.0. The number of aromatic nitrogens is 4. The lowest BCUT2D eigenvalue weighted by molar-refractivity contribution is -0.145. The molecule has 4 aromatic rings. The van der Waals surface area contributed by atoms with Gasteiger partial charge in [0, 0.05) is 52.1 Å². The van der Waals surface area contributed by atoms with Gasteiger partial charge >= 0.3 is 48.8 Å². The zero-order valence-corrected chi connectivity index (χ0v) is 54.6. The Morgan fingerprint density at radius 2 is 0.894 bits per heavy atom. The molecule has 2 aromatic carbocycles. The smallest absolute Gasteiger partial charge is 0.416 e. The van der Waals surface area contributed by atoms with Crippen molar-refractivity contribution in [1.82, 2.24) is 29.7 Å². The molecule has 2 amide bonds. The van der Waals surface area contributed by atoms with E-state index in [0.29, 0.717) is 122 Å². The number of ether oxygens (including phenoxy) is 4. The molecule has 3 aliphatic heterocycles. The molecule has 2 unspecified atom stereocenters. The van der Waals surface area contributed by atoms with Crippen molar-refractivity contribution in [3.8, 4) is 0 Å². The first-order chi connectivity index (χ1) is 44.3. The maximum atomic E-state index is 13.6. The number of esters is 2. The third kappa shape index (κ3) is 18.6. The van der Waals surface area contributed by atoms with Gasteiger partial charge in [-0.1, -0.05) is 0 Å². The van der Waals surface area contributed by atoms with Gasteiger partial charge in [0.1, 0.15) is 34.0 Å². The van der Waals surface area contributed by atoms with E-state index < -0.39 is 94.6 Å². The average molecular weight is 1410 g/mol. The van der Waals surface area contributed by atoms with Crippen LogP contribution in [0.3, 0.4) is 0 Å². The van der Waals surface area contributed by atoms with Crippen LogP contribution in [0.25, 0.3) is 0 Å². The molecule has 5 aliphatic rings. The van der Waals surface area contributed by atoms with Crippen LogP contribution >= 0.6 is 15.9 Å². The summed E-state index contributed by atoms with van der Waals surface area (Å²) in [7, 11) is 0. The number of hydrogen-bond donors (Lipinski definition) is 0. The highest BCUT2D eigenvalue weighted by atomic mass is 79.9. The number of benzene rings is 2. The number of nitrogens with zero attached hydrogens (tertiary/aromatic N) is 9. The number of rotatable bonds is 21. The third-order valence-electron chi connectivity index (χ3n) is 18.1. The van der Waals surface area contributed by atoms with E-state index in [9.17, 15) is 71.9 Å². The van der Waals surface area contributed by atoms with E-state index in [1.807, 2.05) is 18.7 Å². The summed E-state index contributed by atoms with van der Waals surface area (Å²) in [6.07, 6.45) is -11.4. The van der Waals surface area contributed by atoms with Crippen LogP contribution in [0.2, 0.25) is 0 Å². The van der Waals surface area contributed by atoms with E-state index in [0.717, 1.165) is 77.3 Å². The molecule has 0 spiro atoms. The van der Waals surface area contributed by atoms with Gasteiger partial charge in [0.2, 0.25) is 0 Å². The van der Waals surface area contributed by atoms with Crippen molar-refractivity contribution in [2.24, 2.45) is 23.7 Å². The molecule has 2 saturated carbocycles. The molecule has 5 heterocycles. The van der Waals surface area contributed by atoms with Crippen molar-refractivity contribution in [3.05, 3.63) is 98.2 Å². The molecule has 2 aromatic heterocycles. The largest absolute Gasteiger partial charge is 0.466 e. The summed E-state index contributed by atoms with van der Waals surface area (Å²) in [6.45, 7) is 15.1. The topological polar surface area (TPSA) is 173 Å². The molecule has 0 radical (unpaired) electrons. The highest BCUT2D eigenvalue weighted by molar-refractivity contribution is 9.10. The summed E-state index contributed by atoms with van der Waals surface area (Å²) >= 11 is 3.31. The van der Waals surface area contributed by atoms with Gasteiger partial charge in [0.05, 0.1) is 73.0 Å². The Bertz CT molecular complexity index is 3200. The van der Waals surface area contributed by atoms with Gasteiger partial charge in [-0.15, -0.1) is 0 Å². The van der Waals surface area contributed by atoms with Gasteiger partial charge in [-0.05, 0) is 193 Å².